The molecule has 146 valence electrons. The van der Waals surface area contributed by atoms with Crippen LogP contribution in [0.15, 0.2) is 52.4 Å². The van der Waals surface area contributed by atoms with Crippen molar-refractivity contribution in [3.63, 3.8) is 0 Å². The monoisotopic (exact) mass is 408 g/mol. The van der Waals surface area contributed by atoms with Crippen LogP contribution in [0.3, 0.4) is 0 Å². The number of sulfone groups is 1. The number of anilines is 1. The van der Waals surface area contributed by atoms with Crippen LogP contribution in [0.1, 0.15) is 0 Å². The molecule has 3 aromatic rings. The SMILES string of the molecule is O=S(=O)(c1ccc(F)c(F)c1)c1cnc2c(F)cccc2c1N1CCOCC1. The molecule has 0 saturated carbocycles. The zero-order valence-electron chi connectivity index (χ0n) is 14.5. The van der Waals surface area contributed by atoms with Crippen molar-refractivity contribution in [1.82, 2.24) is 4.98 Å². The third kappa shape index (κ3) is 3.10. The van der Waals surface area contributed by atoms with Crippen molar-refractivity contribution in [1.29, 1.82) is 0 Å². The van der Waals surface area contributed by atoms with Crippen molar-refractivity contribution < 1.29 is 26.3 Å². The van der Waals surface area contributed by atoms with Crippen LogP contribution in [0.4, 0.5) is 18.9 Å². The van der Waals surface area contributed by atoms with Crippen molar-refractivity contribution >= 4 is 26.4 Å². The second kappa shape index (κ2) is 7.06. The summed E-state index contributed by atoms with van der Waals surface area (Å²) < 4.78 is 72.9. The van der Waals surface area contributed by atoms with E-state index < -0.39 is 32.2 Å². The lowest BCUT2D eigenvalue weighted by Gasteiger charge is -2.31. The molecule has 1 aliphatic heterocycles. The van der Waals surface area contributed by atoms with E-state index >= 15 is 0 Å². The topological polar surface area (TPSA) is 59.5 Å². The van der Waals surface area contributed by atoms with Crippen molar-refractivity contribution in [3.8, 4) is 0 Å². The normalized spacial score (nSPS) is 15.2. The molecule has 0 spiro atoms. The van der Waals surface area contributed by atoms with Gasteiger partial charge in [0.05, 0.1) is 23.8 Å². The van der Waals surface area contributed by atoms with Crippen molar-refractivity contribution in [2.45, 2.75) is 9.79 Å². The molecule has 1 aromatic heterocycles. The average molecular weight is 408 g/mol. The molecule has 0 N–H and O–H groups in total. The van der Waals surface area contributed by atoms with E-state index in [9.17, 15) is 21.6 Å². The van der Waals surface area contributed by atoms with E-state index in [-0.39, 0.29) is 16.1 Å². The van der Waals surface area contributed by atoms with Crippen LogP contribution in [0.5, 0.6) is 0 Å². The van der Waals surface area contributed by atoms with Crippen LogP contribution in [0, 0.1) is 17.5 Å². The molecule has 0 bridgehead atoms. The molecule has 5 nitrogen and oxygen atoms in total. The molecule has 9 heteroatoms. The summed E-state index contributed by atoms with van der Waals surface area (Å²) in [4.78, 5) is 5.17. The largest absolute Gasteiger partial charge is 0.378 e. The summed E-state index contributed by atoms with van der Waals surface area (Å²) in [5.41, 5.74) is 0.311. The van der Waals surface area contributed by atoms with Gasteiger partial charge in [0, 0.05) is 24.7 Å². The number of pyridine rings is 1. The van der Waals surface area contributed by atoms with Gasteiger partial charge in [-0.25, -0.2) is 21.6 Å². The molecule has 1 saturated heterocycles. The summed E-state index contributed by atoms with van der Waals surface area (Å²) in [6.45, 7) is 1.56. The minimum atomic E-state index is -4.24. The Kier molecular flexibility index (Phi) is 4.72. The predicted molar refractivity (Wildman–Crippen MR) is 96.5 cm³/mol. The first-order chi connectivity index (χ1) is 13.4. The number of nitrogens with zero attached hydrogens (tertiary/aromatic N) is 2. The van der Waals surface area contributed by atoms with Crippen molar-refractivity contribution in [2.24, 2.45) is 0 Å². The van der Waals surface area contributed by atoms with Gasteiger partial charge in [-0.2, -0.15) is 0 Å². The number of morpholine rings is 1. The highest BCUT2D eigenvalue weighted by atomic mass is 32.2. The number of aromatic nitrogens is 1. The van der Waals surface area contributed by atoms with Crippen molar-refractivity contribution in [2.75, 3.05) is 31.2 Å². The van der Waals surface area contributed by atoms with Crippen LogP contribution < -0.4 is 4.90 Å². The highest BCUT2D eigenvalue weighted by Gasteiger charge is 2.29. The smallest absolute Gasteiger partial charge is 0.210 e. The number of hydrogen-bond donors (Lipinski definition) is 0. The van der Waals surface area contributed by atoms with Gasteiger partial charge in [0.15, 0.2) is 11.6 Å². The third-order valence-electron chi connectivity index (χ3n) is 4.60. The first kappa shape index (κ1) is 18.7. The molecule has 0 unspecified atom stereocenters. The van der Waals surface area contributed by atoms with E-state index in [1.165, 1.54) is 12.1 Å². The maximum absolute atomic E-state index is 14.2. The highest BCUT2D eigenvalue weighted by molar-refractivity contribution is 7.91. The lowest BCUT2D eigenvalue weighted by molar-refractivity contribution is 0.122. The molecular weight excluding hydrogens is 393 g/mol. The van der Waals surface area contributed by atoms with Crippen LogP contribution in [0.2, 0.25) is 0 Å². The summed E-state index contributed by atoms with van der Waals surface area (Å²) in [6.07, 6.45) is 1.06. The Labute approximate surface area is 159 Å². The van der Waals surface area contributed by atoms with E-state index in [4.69, 9.17) is 4.74 Å². The van der Waals surface area contributed by atoms with E-state index in [1.807, 2.05) is 0 Å². The van der Waals surface area contributed by atoms with E-state index in [0.29, 0.717) is 37.8 Å². The molecule has 0 amide bonds. The van der Waals surface area contributed by atoms with E-state index in [2.05, 4.69) is 4.98 Å². The maximum Gasteiger partial charge on any atom is 0.210 e. The van der Waals surface area contributed by atoms with Crippen molar-refractivity contribution in [3.05, 3.63) is 60.0 Å². The first-order valence-electron chi connectivity index (χ1n) is 8.49. The molecule has 1 fully saturated rings. The number of rotatable bonds is 3. The second-order valence-corrected chi connectivity index (χ2v) is 8.20. The number of fused-ring (bicyclic) bond motifs is 1. The van der Waals surface area contributed by atoms with Crippen LogP contribution in [-0.4, -0.2) is 39.7 Å². The maximum atomic E-state index is 14.2. The number of ether oxygens (including phenoxy) is 1. The van der Waals surface area contributed by atoms with Gasteiger partial charge < -0.3 is 9.64 Å². The lowest BCUT2D eigenvalue weighted by atomic mass is 10.1. The molecule has 28 heavy (non-hydrogen) atoms. The van der Waals surface area contributed by atoms with E-state index in [1.54, 1.807) is 11.0 Å². The third-order valence-corrected chi connectivity index (χ3v) is 6.36. The quantitative estimate of drug-likeness (QED) is 0.623. The van der Waals surface area contributed by atoms with Gasteiger partial charge in [-0.3, -0.25) is 4.98 Å². The van der Waals surface area contributed by atoms with Crippen LogP contribution >= 0.6 is 0 Å². The van der Waals surface area contributed by atoms with Crippen LogP contribution in [0.25, 0.3) is 10.9 Å². The molecule has 0 aliphatic carbocycles. The summed E-state index contributed by atoms with van der Waals surface area (Å²) >= 11 is 0. The van der Waals surface area contributed by atoms with Gasteiger partial charge in [-0.15, -0.1) is 0 Å². The molecule has 1 aliphatic rings. The molecule has 4 rings (SSSR count). The summed E-state index contributed by atoms with van der Waals surface area (Å²) in [5.74, 6) is -3.00. The lowest BCUT2D eigenvalue weighted by Crippen LogP contribution is -2.37. The standard InChI is InChI=1S/C19H15F3N2O3S/c20-14-5-4-12(10-16(14)22)28(25,26)17-11-23-18-13(2-1-3-15(18)21)19(17)24-6-8-27-9-7-24/h1-5,10-11H,6-9H2. The summed E-state index contributed by atoms with van der Waals surface area (Å²) in [5, 5.41) is 0.325. The average Bonchev–Trinajstić information content (AvgIpc) is 2.70. The van der Waals surface area contributed by atoms with Gasteiger partial charge >= 0.3 is 0 Å². The van der Waals surface area contributed by atoms with Gasteiger partial charge in [-0.1, -0.05) is 12.1 Å². The number of benzene rings is 2. The fourth-order valence-corrected chi connectivity index (χ4v) is 4.68. The number of hydrogen-bond acceptors (Lipinski definition) is 5. The Bertz CT molecular complexity index is 1160. The van der Waals surface area contributed by atoms with Gasteiger partial charge in [-0.05, 0) is 24.3 Å². The molecule has 2 heterocycles. The summed E-state index contributed by atoms with van der Waals surface area (Å²) in [6, 6.07) is 6.67. The second-order valence-electron chi connectivity index (χ2n) is 6.29. The fourth-order valence-electron chi connectivity index (χ4n) is 3.24. The molecule has 0 radical (unpaired) electrons. The Morgan fingerprint density at radius 3 is 2.43 bits per heavy atom. The van der Waals surface area contributed by atoms with Crippen LogP contribution in [-0.2, 0) is 14.6 Å². The molecule has 0 atom stereocenters. The number of halogens is 3. The Balaban J connectivity index is 1.99. The summed E-state index contributed by atoms with van der Waals surface area (Å²) in [7, 11) is -4.24. The Morgan fingerprint density at radius 1 is 0.964 bits per heavy atom. The van der Waals surface area contributed by atoms with Gasteiger partial charge in [0.2, 0.25) is 9.84 Å². The zero-order valence-corrected chi connectivity index (χ0v) is 15.3. The Morgan fingerprint density at radius 2 is 1.71 bits per heavy atom. The van der Waals surface area contributed by atoms with Gasteiger partial charge in [0.25, 0.3) is 0 Å². The molecule has 2 aromatic carbocycles. The van der Waals surface area contributed by atoms with E-state index in [0.717, 1.165) is 18.3 Å². The fraction of sp³-hybridized carbons (Fsp3) is 0.211. The zero-order chi connectivity index (χ0) is 19.9. The number of para-hydroxylation sites is 1. The van der Waals surface area contributed by atoms with Gasteiger partial charge in [0.1, 0.15) is 16.2 Å². The minimum Gasteiger partial charge on any atom is -0.378 e. The highest BCUT2D eigenvalue weighted by Crippen LogP contribution is 2.37. The minimum absolute atomic E-state index is 0.0354. The molecular formula is C19H15F3N2O3S. The Hall–Kier alpha value is -2.65. The first-order valence-corrected chi connectivity index (χ1v) is 9.98. The predicted octanol–water partition coefficient (Wildman–Crippen LogP) is 3.32.